The van der Waals surface area contributed by atoms with Gasteiger partial charge in [0.2, 0.25) is 0 Å². The molecular weight excluding hydrogens is 396 g/mol. The zero-order valence-electron chi connectivity index (χ0n) is 15.7. The first-order chi connectivity index (χ1) is 13.5. The van der Waals surface area contributed by atoms with E-state index in [1.807, 2.05) is 24.3 Å². The molecule has 0 bridgehead atoms. The molecule has 0 radical (unpaired) electrons. The summed E-state index contributed by atoms with van der Waals surface area (Å²) in [5.74, 6) is 1.16. The largest absolute Gasteiger partial charge is 0.495 e. The van der Waals surface area contributed by atoms with Gasteiger partial charge in [-0.2, -0.15) is 5.26 Å². The fraction of sp³-hybridized carbons (Fsp3) is 0.300. The number of piperazine rings is 1. The third kappa shape index (κ3) is 4.41. The van der Waals surface area contributed by atoms with Crippen LogP contribution in [0.1, 0.15) is 5.56 Å². The maximum Gasteiger partial charge on any atom is 0.173 e. The lowest BCUT2D eigenvalue weighted by Gasteiger charge is -2.37. The molecular formula is C20H21ClN4O2S. The van der Waals surface area contributed by atoms with E-state index in [1.165, 1.54) is 0 Å². The normalized spacial score (nSPS) is 13.6. The summed E-state index contributed by atoms with van der Waals surface area (Å²) in [7, 11) is 3.15. The van der Waals surface area contributed by atoms with Crippen LogP contribution in [0, 0.1) is 11.3 Å². The summed E-state index contributed by atoms with van der Waals surface area (Å²) < 4.78 is 10.7. The summed E-state index contributed by atoms with van der Waals surface area (Å²) >= 11 is 11.8. The minimum Gasteiger partial charge on any atom is -0.495 e. The van der Waals surface area contributed by atoms with Crippen LogP contribution in [0.4, 0.5) is 11.4 Å². The third-order valence-corrected chi connectivity index (χ3v) is 5.30. The second-order valence-electron chi connectivity index (χ2n) is 6.25. The van der Waals surface area contributed by atoms with Crippen molar-refractivity contribution in [2.75, 3.05) is 50.6 Å². The van der Waals surface area contributed by atoms with E-state index in [9.17, 15) is 0 Å². The number of ether oxygens (including phenoxy) is 2. The van der Waals surface area contributed by atoms with Crippen molar-refractivity contribution in [3.8, 4) is 17.6 Å². The van der Waals surface area contributed by atoms with Crippen LogP contribution < -0.4 is 19.7 Å². The molecule has 0 amide bonds. The van der Waals surface area contributed by atoms with E-state index in [0.717, 1.165) is 31.9 Å². The van der Waals surface area contributed by atoms with Crippen molar-refractivity contribution in [1.82, 2.24) is 4.90 Å². The zero-order chi connectivity index (χ0) is 20.1. The Balaban J connectivity index is 1.63. The van der Waals surface area contributed by atoms with E-state index in [2.05, 4.69) is 21.2 Å². The SMILES string of the molecule is COc1cc(NC(=S)N2CCN(c3ccc(C#N)cc3)CC2)c(OC)cc1Cl. The zero-order valence-corrected chi connectivity index (χ0v) is 17.3. The quantitative estimate of drug-likeness (QED) is 0.761. The lowest BCUT2D eigenvalue weighted by atomic mass is 10.2. The number of nitrogens with one attached hydrogen (secondary N) is 1. The molecule has 0 spiro atoms. The number of nitriles is 1. The van der Waals surface area contributed by atoms with Crippen molar-refractivity contribution in [3.63, 3.8) is 0 Å². The molecule has 1 aliphatic rings. The molecule has 146 valence electrons. The van der Waals surface area contributed by atoms with Crippen LogP contribution in [-0.2, 0) is 0 Å². The molecule has 2 aromatic carbocycles. The van der Waals surface area contributed by atoms with Crippen molar-refractivity contribution in [3.05, 3.63) is 47.0 Å². The van der Waals surface area contributed by atoms with Gasteiger partial charge in [-0.25, -0.2) is 0 Å². The van der Waals surface area contributed by atoms with Crippen LogP contribution >= 0.6 is 23.8 Å². The van der Waals surface area contributed by atoms with Gasteiger partial charge in [0.15, 0.2) is 5.11 Å². The molecule has 0 aromatic heterocycles. The summed E-state index contributed by atoms with van der Waals surface area (Å²) in [4.78, 5) is 4.40. The molecule has 1 saturated heterocycles. The molecule has 1 N–H and O–H groups in total. The van der Waals surface area contributed by atoms with Crippen LogP contribution in [-0.4, -0.2) is 50.4 Å². The summed E-state index contributed by atoms with van der Waals surface area (Å²) in [5, 5.41) is 13.3. The van der Waals surface area contributed by atoms with Gasteiger partial charge in [-0.1, -0.05) is 11.6 Å². The number of anilines is 2. The van der Waals surface area contributed by atoms with Crippen LogP contribution in [0.15, 0.2) is 36.4 Å². The molecule has 1 fully saturated rings. The predicted octanol–water partition coefficient (Wildman–Crippen LogP) is 3.75. The molecule has 1 heterocycles. The molecule has 28 heavy (non-hydrogen) atoms. The highest BCUT2D eigenvalue weighted by Crippen LogP contribution is 2.36. The highest BCUT2D eigenvalue weighted by Gasteiger charge is 2.20. The first-order valence-corrected chi connectivity index (χ1v) is 9.57. The van der Waals surface area contributed by atoms with E-state index < -0.39 is 0 Å². The summed E-state index contributed by atoms with van der Waals surface area (Å²) in [6.45, 7) is 3.27. The smallest absolute Gasteiger partial charge is 0.173 e. The molecule has 0 saturated carbocycles. The van der Waals surface area contributed by atoms with E-state index >= 15 is 0 Å². The van der Waals surface area contributed by atoms with Crippen molar-refractivity contribution in [2.45, 2.75) is 0 Å². The predicted molar refractivity (Wildman–Crippen MR) is 116 cm³/mol. The van der Waals surface area contributed by atoms with Gasteiger partial charge >= 0.3 is 0 Å². The van der Waals surface area contributed by atoms with Crippen LogP contribution in [0.5, 0.6) is 11.5 Å². The van der Waals surface area contributed by atoms with E-state index in [1.54, 1.807) is 26.4 Å². The number of hydrogen-bond acceptors (Lipinski definition) is 5. The lowest BCUT2D eigenvalue weighted by Crippen LogP contribution is -2.50. The number of halogens is 1. The lowest BCUT2D eigenvalue weighted by molar-refractivity contribution is 0.389. The summed E-state index contributed by atoms with van der Waals surface area (Å²) in [6.07, 6.45) is 0. The van der Waals surface area contributed by atoms with Crippen LogP contribution in [0.3, 0.4) is 0 Å². The molecule has 1 aliphatic heterocycles. The average molecular weight is 417 g/mol. The Morgan fingerprint density at radius 2 is 1.71 bits per heavy atom. The molecule has 6 nitrogen and oxygen atoms in total. The topological polar surface area (TPSA) is 60.8 Å². The summed E-state index contributed by atoms with van der Waals surface area (Å²) in [5.41, 5.74) is 2.49. The molecule has 2 aromatic rings. The highest BCUT2D eigenvalue weighted by molar-refractivity contribution is 7.80. The second-order valence-corrected chi connectivity index (χ2v) is 7.04. The fourth-order valence-corrected chi connectivity index (χ4v) is 3.59. The number of nitrogens with zero attached hydrogens (tertiary/aromatic N) is 3. The van der Waals surface area contributed by atoms with Crippen molar-refractivity contribution in [2.24, 2.45) is 0 Å². The van der Waals surface area contributed by atoms with Crippen molar-refractivity contribution < 1.29 is 9.47 Å². The van der Waals surface area contributed by atoms with Gasteiger partial charge in [0, 0.05) is 44.0 Å². The minimum atomic E-state index is 0.479. The first kappa shape index (κ1) is 20.1. The Morgan fingerprint density at radius 1 is 1.07 bits per heavy atom. The Bertz CT molecular complexity index is 890. The Kier molecular flexibility index (Phi) is 6.45. The molecule has 0 unspecified atom stereocenters. The second kappa shape index (κ2) is 9.00. The Hall–Kier alpha value is -2.69. The van der Waals surface area contributed by atoms with Crippen molar-refractivity contribution in [1.29, 1.82) is 5.26 Å². The molecule has 3 rings (SSSR count). The van der Waals surface area contributed by atoms with Crippen LogP contribution in [0.25, 0.3) is 0 Å². The van der Waals surface area contributed by atoms with Gasteiger partial charge in [0.05, 0.1) is 36.6 Å². The fourth-order valence-electron chi connectivity index (χ4n) is 3.07. The molecule has 8 heteroatoms. The van der Waals surface area contributed by atoms with E-state index in [-0.39, 0.29) is 0 Å². The molecule has 0 aliphatic carbocycles. The van der Waals surface area contributed by atoms with Crippen LogP contribution in [0.2, 0.25) is 5.02 Å². The Labute approximate surface area is 175 Å². The van der Waals surface area contributed by atoms with Gasteiger partial charge < -0.3 is 24.6 Å². The summed E-state index contributed by atoms with van der Waals surface area (Å²) in [6, 6.07) is 13.3. The number of thiocarbonyl (C=S) groups is 1. The number of hydrogen-bond donors (Lipinski definition) is 1. The Morgan fingerprint density at radius 3 is 2.29 bits per heavy atom. The highest BCUT2D eigenvalue weighted by atomic mass is 35.5. The number of benzene rings is 2. The number of rotatable bonds is 4. The number of methoxy groups -OCH3 is 2. The van der Waals surface area contributed by atoms with Crippen molar-refractivity contribution >= 4 is 40.3 Å². The van der Waals surface area contributed by atoms with E-state index in [0.29, 0.717) is 32.9 Å². The molecule has 0 atom stereocenters. The average Bonchev–Trinajstić information content (AvgIpc) is 2.74. The monoisotopic (exact) mass is 416 g/mol. The van der Waals surface area contributed by atoms with E-state index in [4.69, 9.17) is 38.6 Å². The standard InChI is InChI=1S/C20H21ClN4O2S/c1-26-18-12-17(19(27-2)11-16(18)21)23-20(28)25-9-7-24(8-10-25)15-5-3-14(13-22)4-6-15/h3-6,11-12H,7-10H2,1-2H3,(H,23,28). The maximum absolute atomic E-state index is 8.93. The first-order valence-electron chi connectivity index (χ1n) is 8.78. The van der Waals surface area contributed by atoms with Gasteiger partial charge in [-0.05, 0) is 36.5 Å². The third-order valence-electron chi connectivity index (χ3n) is 4.64. The maximum atomic E-state index is 8.93. The van der Waals surface area contributed by atoms with Gasteiger partial charge in [-0.3, -0.25) is 0 Å². The van der Waals surface area contributed by atoms with Gasteiger partial charge in [0.1, 0.15) is 11.5 Å². The minimum absolute atomic E-state index is 0.479. The van der Waals surface area contributed by atoms with Gasteiger partial charge in [0.25, 0.3) is 0 Å². The van der Waals surface area contributed by atoms with Gasteiger partial charge in [-0.15, -0.1) is 0 Å².